The lowest BCUT2D eigenvalue weighted by atomic mass is 10.0. The molecule has 116 valence electrons. The van der Waals surface area contributed by atoms with Gasteiger partial charge in [0.1, 0.15) is 0 Å². The summed E-state index contributed by atoms with van der Waals surface area (Å²) in [5.41, 5.74) is -3.68. The average molecular weight is 314 g/mol. The lowest BCUT2D eigenvalue weighted by Gasteiger charge is -2.13. The Kier molecular flexibility index (Phi) is 4.65. The second-order valence-electron chi connectivity index (χ2n) is 4.01. The predicted octanol–water partition coefficient (Wildman–Crippen LogP) is 3.01. The molecule has 0 amide bonds. The van der Waals surface area contributed by atoms with Gasteiger partial charge < -0.3 is 4.74 Å². The molecule has 0 radical (unpaired) electrons. The molecule has 0 N–H and O–H groups in total. The van der Waals surface area contributed by atoms with Crippen molar-refractivity contribution in [2.24, 2.45) is 0 Å². The highest BCUT2D eigenvalue weighted by Gasteiger charge is 2.37. The maximum atomic E-state index is 12.6. The summed E-state index contributed by atoms with van der Waals surface area (Å²) in [6.45, 7) is 0. The minimum atomic E-state index is -5.01. The standard InChI is InChI=1S/C12H8F6O3/c1-21-10(20)9(19)4-6-2-7(11(13,14)15)5-8(3-6)12(16,17)18/h2-3,5H,4H2,1H3. The van der Waals surface area contributed by atoms with E-state index in [1.165, 1.54) is 0 Å². The molecule has 0 saturated heterocycles. The van der Waals surface area contributed by atoms with E-state index >= 15 is 0 Å². The van der Waals surface area contributed by atoms with E-state index in [0.717, 1.165) is 7.11 Å². The van der Waals surface area contributed by atoms with E-state index in [9.17, 15) is 35.9 Å². The van der Waals surface area contributed by atoms with Crippen LogP contribution in [-0.2, 0) is 33.1 Å². The smallest absolute Gasteiger partial charge is 0.416 e. The summed E-state index contributed by atoms with van der Waals surface area (Å²) in [5.74, 6) is -2.59. The van der Waals surface area contributed by atoms with Crippen LogP contribution < -0.4 is 0 Å². The summed E-state index contributed by atoms with van der Waals surface area (Å²) in [5, 5.41) is 0. The molecule has 1 aromatic carbocycles. The van der Waals surface area contributed by atoms with Gasteiger partial charge in [0, 0.05) is 6.42 Å². The molecule has 3 nitrogen and oxygen atoms in total. The highest BCUT2D eigenvalue weighted by Crippen LogP contribution is 2.36. The van der Waals surface area contributed by atoms with Gasteiger partial charge in [0.2, 0.25) is 5.78 Å². The highest BCUT2D eigenvalue weighted by atomic mass is 19.4. The van der Waals surface area contributed by atoms with Crippen LogP contribution in [0.1, 0.15) is 16.7 Å². The van der Waals surface area contributed by atoms with Crippen LogP contribution >= 0.6 is 0 Å². The number of halogens is 6. The molecule has 0 aliphatic heterocycles. The summed E-state index contributed by atoms with van der Waals surface area (Å²) in [6.07, 6.45) is -10.9. The zero-order valence-electron chi connectivity index (χ0n) is 10.4. The number of methoxy groups -OCH3 is 1. The summed E-state index contributed by atoms with van der Waals surface area (Å²) < 4.78 is 79.4. The zero-order valence-corrected chi connectivity index (χ0v) is 10.4. The first-order valence-electron chi connectivity index (χ1n) is 5.34. The number of esters is 1. The van der Waals surface area contributed by atoms with Gasteiger partial charge in [0.05, 0.1) is 18.2 Å². The second-order valence-corrected chi connectivity index (χ2v) is 4.01. The number of benzene rings is 1. The molecule has 0 atom stereocenters. The number of ketones is 1. The zero-order chi connectivity index (χ0) is 16.4. The molecule has 1 rings (SSSR count). The molecule has 0 aromatic heterocycles. The first-order valence-corrected chi connectivity index (χ1v) is 5.34. The number of hydrogen-bond acceptors (Lipinski definition) is 3. The van der Waals surface area contributed by atoms with Crippen molar-refractivity contribution < 1.29 is 40.7 Å². The van der Waals surface area contributed by atoms with Crippen molar-refractivity contribution >= 4 is 11.8 Å². The maximum absolute atomic E-state index is 12.6. The fraction of sp³-hybridized carbons (Fsp3) is 0.333. The van der Waals surface area contributed by atoms with Crippen molar-refractivity contribution in [3.63, 3.8) is 0 Å². The van der Waals surface area contributed by atoms with Crippen LogP contribution in [0.25, 0.3) is 0 Å². The Morgan fingerprint density at radius 2 is 1.38 bits per heavy atom. The van der Waals surface area contributed by atoms with Crippen molar-refractivity contribution in [3.8, 4) is 0 Å². The number of Topliss-reactive ketones (excluding diaryl/α,β-unsaturated/α-hetero) is 1. The van der Waals surface area contributed by atoms with Crippen molar-refractivity contribution in [3.05, 3.63) is 34.9 Å². The van der Waals surface area contributed by atoms with Gasteiger partial charge in [-0.25, -0.2) is 4.79 Å². The molecule has 0 bridgehead atoms. The molecule has 9 heteroatoms. The third-order valence-corrected chi connectivity index (χ3v) is 2.43. The quantitative estimate of drug-likeness (QED) is 0.489. The fourth-order valence-corrected chi connectivity index (χ4v) is 1.49. The third-order valence-electron chi connectivity index (χ3n) is 2.43. The molecule has 21 heavy (non-hydrogen) atoms. The van der Waals surface area contributed by atoms with Crippen LogP contribution in [0.5, 0.6) is 0 Å². The van der Waals surface area contributed by atoms with E-state index in [-0.39, 0.29) is 6.07 Å². The Balaban J connectivity index is 3.26. The van der Waals surface area contributed by atoms with Crippen molar-refractivity contribution in [1.82, 2.24) is 0 Å². The summed E-state index contributed by atoms with van der Waals surface area (Å²) in [4.78, 5) is 22.1. The van der Waals surface area contributed by atoms with Gasteiger partial charge in [-0.3, -0.25) is 4.79 Å². The highest BCUT2D eigenvalue weighted by molar-refractivity contribution is 6.34. The van der Waals surface area contributed by atoms with Crippen LogP contribution in [0.2, 0.25) is 0 Å². The Labute approximate surface area is 114 Å². The predicted molar refractivity (Wildman–Crippen MR) is 57.2 cm³/mol. The lowest BCUT2D eigenvalue weighted by molar-refractivity contribution is -0.151. The minimum Gasteiger partial charge on any atom is -0.463 e. The third kappa shape index (κ3) is 4.47. The molecule has 0 aliphatic rings. The van der Waals surface area contributed by atoms with Gasteiger partial charge in [-0.2, -0.15) is 26.3 Å². The number of hydrogen-bond donors (Lipinski definition) is 0. The number of carbonyl (C=O) groups excluding carboxylic acids is 2. The van der Waals surface area contributed by atoms with Crippen LogP contribution in [-0.4, -0.2) is 18.9 Å². The average Bonchev–Trinajstić information content (AvgIpc) is 2.35. The number of rotatable bonds is 3. The summed E-state index contributed by atoms with van der Waals surface area (Å²) in [7, 11) is 0.869. The topological polar surface area (TPSA) is 43.4 Å². The van der Waals surface area contributed by atoms with E-state index in [4.69, 9.17) is 0 Å². The van der Waals surface area contributed by atoms with E-state index < -0.39 is 47.2 Å². The van der Waals surface area contributed by atoms with Gasteiger partial charge in [0.25, 0.3) is 0 Å². The lowest BCUT2D eigenvalue weighted by Crippen LogP contribution is -2.19. The molecule has 0 aliphatic carbocycles. The van der Waals surface area contributed by atoms with Gasteiger partial charge in [-0.15, -0.1) is 0 Å². The SMILES string of the molecule is COC(=O)C(=O)Cc1cc(C(F)(F)F)cc(C(F)(F)F)c1. The Bertz CT molecular complexity index is 527. The van der Waals surface area contributed by atoms with Gasteiger partial charge in [-0.1, -0.05) is 0 Å². The maximum Gasteiger partial charge on any atom is 0.416 e. The van der Waals surface area contributed by atoms with Crippen LogP contribution in [0.15, 0.2) is 18.2 Å². The molecular weight excluding hydrogens is 306 g/mol. The Hall–Kier alpha value is -2.06. The second kappa shape index (κ2) is 5.74. The van der Waals surface area contributed by atoms with Crippen molar-refractivity contribution in [1.29, 1.82) is 0 Å². The minimum absolute atomic E-state index is 0.0634. The van der Waals surface area contributed by atoms with Gasteiger partial charge >= 0.3 is 18.3 Å². The number of alkyl halides is 6. The summed E-state index contributed by atoms with van der Waals surface area (Å²) >= 11 is 0. The van der Waals surface area contributed by atoms with E-state index in [1.807, 2.05) is 0 Å². The van der Waals surface area contributed by atoms with Crippen molar-refractivity contribution in [2.45, 2.75) is 18.8 Å². The first kappa shape index (κ1) is 17.0. The molecule has 0 saturated carbocycles. The van der Waals surface area contributed by atoms with E-state index in [2.05, 4.69) is 4.74 Å². The molecule has 0 spiro atoms. The molecule has 0 heterocycles. The van der Waals surface area contributed by atoms with Crippen LogP contribution in [0.3, 0.4) is 0 Å². The molecule has 1 aromatic rings. The monoisotopic (exact) mass is 314 g/mol. The van der Waals surface area contributed by atoms with E-state index in [0.29, 0.717) is 12.1 Å². The van der Waals surface area contributed by atoms with E-state index in [1.54, 1.807) is 0 Å². The number of ether oxygens (including phenoxy) is 1. The van der Waals surface area contributed by atoms with Crippen LogP contribution in [0.4, 0.5) is 26.3 Å². The largest absolute Gasteiger partial charge is 0.463 e. The normalized spacial score (nSPS) is 12.1. The fourth-order valence-electron chi connectivity index (χ4n) is 1.49. The Morgan fingerprint density at radius 3 is 1.71 bits per heavy atom. The van der Waals surface area contributed by atoms with Gasteiger partial charge in [-0.05, 0) is 23.8 Å². The first-order chi connectivity index (χ1) is 9.45. The molecular formula is C12H8F6O3. The molecule has 0 fully saturated rings. The van der Waals surface area contributed by atoms with Gasteiger partial charge in [0.15, 0.2) is 0 Å². The number of carbonyl (C=O) groups is 2. The van der Waals surface area contributed by atoms with Crippen molar-refractivity contribution in [2.75, 3.05) is 7.11 Å². The van der Waals surface area contributed by atoms with Crippen LogP contribution in [0, 0.1) is 0 Å². The summed E-state index contributed by atoms with van der Waals surface area (Å²) in [6, 6.07) is 0.707. The molecule has 0 unspecified atom stereocenters. The Morgan fingerprint density at radius 1 is 0.952 bits per heavy atom.